The molecule has 2 amide bonds. The third-order valence-corrected chi connectivity index (χ3v) is 3.12. The number of ether oxygens (including phenoxy) is 2. The van der Waals surface area contributed by atoms with Gasteiger partial charge in [-0.25, -0.2) is 9.82 Å². The van der Waals surface area contributed by atoms with Gasteiger partial charge in [-0.05, 0) is 55.0 Å². The Morgan fingerprint density at radius 3 is 2.54 bits per heavy atom. The molecule has 136 valence electrons. The van der Waals surface area contributed by atoms with E-state index in [2.05, 4.69) is 10.5 Å². The first kappa shape index (κ1) is 18.9. The third kappa shape index (κ3) is 5.59. The van der Waals surface area contributed by atoms with E-state index in [1.165, 1.54) is 30.5 Å². The highest BCUT2D eigenvalue weighted by Crippen LogP contribution is 2.28. The van der Waals surface area contributed by atoms with Crippen LogP contribution in [0.25, 0.3) is 0 Å². The van der Waals surface area contributed by atoms with Gasteiger partial charge in [0.25, 0.3) is 11.8 Å². The van der Waals surface area contributed by atoms with Crippen molar-refractivity contribution in [2.75, 3.05) is 13.2 Å². The smallest absolute Gasteiger partial charge is 0.271 e. The lowest BCUT2D eigenvalue weighted by Gasteiger charge is -2.11. The van der Waals surface area contributed by atoms with Gasteiger partial charge >= 0.3 is 0 Å². The zero-order chi connectivity index (χ0) is 18.9. The number of benzene rings is 2. The molecule has 0 bridgehead atoms. The lowest BCUT2D eigenvalue weighted by atomic mass is 10.2. The molecule has 3 N–H and O–H groups in total. The summed E-state index contributed by atoms with van der Waals surface area (Å²) in [6, 6.07) is 10.0. The lowest BCUT2D eigenvalue weighted by molar-refractivity contribution is -0.119. The van der Waals surface area contributed by atoms with Gasteiger partial charge in [0.15, 0.2) is 18.1 Å². The monoisotopic (exact) mass is 359 g/mol. The SMILES string of the molecule is CCOc1cc(/C=N/NC(=O)c2ccc(F)cc2)ccc1OCC(N)=O. The second-order valence-electron chi connectivity index (χ2n) is 5.10. The minimum Gasteiger partial charge on any atom is -0.490 e. The van der Waals surface area contributed by atoms with Crippen molar-refractivity contribution in [3.8, 4) is 11.5 Å². The summed E-state index contributed by atoms with van der Waals surface area (Å²) in [4.78, 5) is 22.7. The molecular formula is C18H18FN3O4. The molecule has 0 fully saturated rings. The molecule has 2 aromatic rings. The van der Waals surface area contributed by atoms with Crippen molar-refractivity contribution in [1.29, 1.82) is 0 Å². The molecule has 0 saturated heterocycles. The van der Waals surface area contributed by atoms with E-state index in [1.54, 1.807) is 18.2 Å². The Hall–Kier alpha value is -3.42. The van der Waals surface area contributed by atoms with Gasteiger partial charge in [-0.3, -0.25) is 9.59 Å². The maximum atomic E-state index is 12.8. The van der Waals surface area contributed by atoms with Crippen LogP contribution in [0, 0.1) is 5.82 Å². The van der Waals surface area contributed by atoms with E-state index in [9.17, 15) is 14.0 Å². The van der Waals surface area contributed by atoms with Crippen molar-refractivity contribution in [3.05, 3.63) is 59.4 Å². The van der Waals surface area contributed by atoms with E-state index in [-0.39, 0.29) is 12.2 Å². The normalized spacial score (nSPS) is 10.5. The van der Waals surface area contributed by atoms with Crippen molar-refractivity contribution in [3.63, 3.8) is 0 Å². The van der Waals surface area contributed by atoms with Crippen molar-refractivity contribution in [2.45, 2.75) is 6.92 Å². The van der Waals surface area contributed by atoms with E-state index in [4.69, 9.17) is 15.2 Å². The molecule has 2 aromatic carbocycles. The fourth-order valence-electron chi connectivity index (χ4n) is 1.97. The van der Waals surface area contributed by atoms with E-state index in [1.807, 2.05) is 6.92 Å². The Bertz CT molecular complexity index is 807. The molecule has 0 spiro atoms. The van der Waals surface area contributed by atoms with Gasteiger partial charge in [0.05, 0.1) is 12.8 Å². The molecule has 0 aliphatic rings. The van der Waals surface area contributed by atoms with Gasteiger partial charge in [0.1, 0.15) is 5.82 Å². The fraction of sp³-hybridized carbons (Fsp3) is 0.167. The topological polar surface area (TPSA) is 103 Å². The molecule has 2 rings (SSSR count). The number of primary amides is 1. The Balaban J connectivity index is 2.04. The number of hydrogen-bond donors (Lipinski definition) is 2. The van der Waals surface area contributed by atoms with Crippen LogP contribution in [0.2, 0.25) is 0 Å². The third-order valence-electron chi connectivity index (χ3n) is 3.12. The first-order chi connectivity index (χ1) is 12.5. The van der Waals surface area contributed by atoms with Crippen LogP contribution in [0.3, 0.4) is 0 Å². The van der Waals surface area contributed by atoms with Crippen LogP contribution in [0.1, 0.15) is 22.8 Å². The predicted molar refractivity (Wildman–Crippen MR) is 93.8 cm³/mol. The van der Waals surface area contributed by atoms with Crippen molar-refractivity contribution in [1.82, 2.24) is 5.43 Å². The van der Waals surface area contributed by atoms with E-state index in [0.29, 0.717) is 23.7 Å². The van der Waals surface area contributed by atoms with Crippen LogP contribution in [0.15, 0.2) is 47.6 Å². The van der Waals surface area contributed by atoms with Gasteiger partial charge in [0, 0.05) is 5.56 Å². The van der Waals surface area contributed by atoms with E-state index in [0.717, 1.165) is 0 Å². The number of halogens is 1. The highest BCUT2D eigenvalue weighted by molar-refractivity contribution is 5.94. The number of rotatable bonds is 8. The summed E-state index contributed by atoms with van der Waals surface area (Å²) in [5, 5.41) is 3.86. The summed E-state index contributed by atoms with van der Waals surface area (Å²) in [7, 11) is 0. The van der Waals surface area contributed by atoms with E-state index < -0.39 is 17.6 Å². The van der Waals surface area contributed by atoms with Crippen LogP contribution in [0.4, 0.5) is 4.39 Å². The quantitative estimate of drug-likeness (QED) is 0.554. The minimum atomic E-state index is -0.596. The van der Waals surface area contributed by atoms with Gasteiger partial charge in [-0.2, -0.15) is 5.10 Å². The summed E-state index contributed by atoms with van der Waals surface area (Å²) >= 11 is 0. The first-order valence-corrected chi connectivity index (χ1v) is 7.76. The summed E-state index contributed by atoms with van der Waals surface area (Å²) < 4.78 is 23.6. The van der Waals surface area contributed by atoms with Crippen molar-refractivity contribution < 1.29 is 23.5 Å². The van der Waals surface area contributed by atoms with Gasteiger partial charge in [-0.15, -0.1) is 0 Å². The molecule has 0 aliphatic carbocycles. The van der Waals surface area contributed by atoms with Crippen molar-refractivity contribution in [2.24, 2.45) is 10.8 Å². The molecule has 7 nitrogen and oxygen atoms in total. The van der Waals surface area contributed by atoms with Gasteiger partial charge in [0.2, 0.25) is 0 Å². The van der Waals surface area contributed by atoms with E-state index >= 15 is 0 Å². The van der Waals surface area contributed by atoms with Crippen molar-refractivity contribution >= 4 is 18.0 Å². The number of hydrogen-bond acceptors (Lipinski definition) is 5. The van der Waals surface area contributed by atoms with Gasteiger partial charge < -0.3 is 15.2 Å². The molecule has 0 radical (unpaired) electrons. The molecule has 0 unspecified atom stereocenters. The Labute approximate surface area is 149 Å². The summed E-state index contributed by atoms with van der Waals surface area (Å²) in [6.07, 6.45) is 1.42. The number of amides is 2. The maximum Gasteiger partial charge on any atom is 0.271 e. The standard InChI is InChI=1S/C18H18FN3O4/c1-2-25-16-9-12(3-8-15(16)26-11-17(20)23)10-21-22-18(24)13-4-6-14(19)7-5-13/h3-10H,2,11H2,1H3,(H2,20,23)(H,22,24)/b21-10+. The second kappa shape index (κ2) is 9.16. The highest BCUT2D eigenvalue weighted by Gasteiger charge is 2.08. The van der Waals surface area contributed by atoms with Crippen LogP contribution >= 0.6 is 0 Å². The molecule has 8 heteroatoms. The Morgan fingerprint density at radius 2 is 1.88 bits per heavy atom. The van der Waals surface area contributed by atoms with Crippen LogP contribution < -0.4 is 20.6 Å². The molecular weight excluding hydrogens is 341 g/mol. The average molecular weight is 359 g/mol. The molecule has 0 aromatic heterocycles. The maximum absolute atomic E-state index is 12.8. The largest absolute Gasteiger partial charge is 0.490 e. The molecule has 0 saturated carbocycles. The number of nitrogens with two attached hydrogens (primary N) is 1. The number of hydrazone groups is 1. The second-order valence-corrected chi connectivity index (χ2v) is 5.10. The van der Waals surface area contributed by atoms with Crippen LogP contribution in [-0.2, 0) is 4.79 Å². The number of nitrogens with zero attached hydrogens (tertiary/aromatic N) is 1. The first-order valence-electron chi connectivity index (χ1n) is 7.76. The zero-order valence-electron chi connectivity index (χ0n) is 14.1. The summed E-state index contributed by atoms with van der Waals surface area (Å²) in [6.45, 7) is 1.94. The Morgan fingerprint density at radius 1 is 1.15 bits per heavy atom. The minimum absolute atomic E-state index is 0.263. The zero-order valence-corrected chi connectivity index (χ0v) is 14.1. The average Bonchev–Trinajstić information content (AvgIpc) is 2.61. The van der Waals surface area contributed by atoms with Crippen LogP contribution in [0.5, 0.6) is 11.5 Å². The predicted octanol–water partition coefficient (Wildman–Crippen LogP) is 1.85. The molecule has 0 heterocycles. The lowest BCUT2D eigenvalue weighted by Crippen LogP contribution is -2.20. The number of carbonyl (C=O) groups excluding carboxylic acids is 2. The number of carbonyl (C=O) groups is 2. The fourth-order valence-corrected chi connectivity index (χ4v) is 1.97. The molecule has 0 aliphatic heterocycles. The molecule has 26 heavy (non-hydrogen) atoms. The number of nitrogens with one attached hydrogen (secondary N) is 1. The molecule has 0 atom stereocenters. The van der Waals surface area contributed by atoms with Gasteiger partial charge in [-0.1, -0.05) is 0 Å². The summed E-state index contributed by atoms with van der Waals surface area (Å²) in [5.74, 6) is -0.692. The van der Waals surface area contributed by atoms with Crippen LogP contribution in [-0.4, -0.2) is 31.2 Å². The Kier molecular flexibility index (Phi) is 6.67. The summed E-state index contributed by atoms with van der Waals surface area (Å²) in [5.41, 5.74) is 8.33. The highest BCUT2D eigenvalue weighted by atomic mass is 19.1.